The van der Waals surface area contributed by atoms with E-state index in [0.29, 0.717) is 6.04 Å². The number of anilines is 2. The Labute approximate surface area is 127 Å². The second-order valence-corrected chi connectivity index (χ2v) is 7.06. The van der Waals surface area contributed by atoms with Crippen LogP contribution in [0.15, 0.2) is 11.6 Å². The zero-order valence-corrected chi connectivity index (χ0v) is 13.6. The zero-order chi connectivity index (χ0) is 13.9. The maximum absolute atomic E-state index is 4.67. The van der Waals surface area contributed by atoms with Crippen LogP contribution in [0.25, 0.3) is 10.6 Å². The Balaban J connectivity index is 1.72. The van der Waals surface area contributed by atoms with Gasteiger partial charge in [0.2, 0.25) is 0 Å². The Hall–Kier alpha value is -1.14. The molecular formula is C14H20N4S2. The van der Waals surface area contributed by atoms with Crippen molar-refractivity contribution in [1.29, 1.82) is 0 Å². The molecule has 0 amide bonds. The predicted molar refractivity (Wildman–Crippen MR) is 88.0 cm³/mol. The molecule has 1 aliphatic heterocycles. The second-order valence-electron chi connectivity index (χ2n) is 5.19. The number of hydrogen-bond donors (Lipinski definition) is 1. The third kappa shape index (κ3) is 2.96. The van der Waals surface area contributed by atoms with Crippen molar-refractivity contribution in [3.05, 3.63) is 11.6 Å². The summed E-state index contributed by atoms with van der Waals surface area (Å²) in [6, 6.07) is 0.468. The third-order valence-corrected chi connectivity index (χ3v) is 5.46. The van der Waals surface area contributed by atoms with Gasteiger partial charge in [-0.1, -0.05) is 18.3 Å². The Bertz CT molecular complexity index is 557. The van der Waals surface area contributed by atoms with Gasteiger partial charge in [0.1, 0.15) is 0 Å². The highest BCUT2D eigenvalue weighted by atomic mass is 32.1. The van der Waals surface area contributed by atoms with E-state index in [1.54, 1.807) is 22.7 Å². The molecule has 108 valence electrons. The molecule has 4 nitrogen and oxygen atoms in total. The number of nitrogens with zero attached hydrogens (tertiary/aromatic N) is 3. The van der Waals surface area contributed by atoms with Crippen molar-refractivity contribution in [2.24, 2.45) is 0 Å². The second kappa shape index (κ2) is 6.10. The minimum absolute atomic E-state index is 0.468. The Morgan fingerprint density at radius 1 is 1.40 bits per heavy atom. The van der Waals surface area contributed by atoms with Crippen molar-refractivity contribution >= 4 is 32.9 Å². The summed E-state index contributed by atoms with van der Waals surface area (Å²) in [5, 5.41) is 7.69. The van der Waals surface area contributed by atoms with E-state index >= 15 is 0 Å². The number of hydrogen-bond acceptors (Lipinski definition) is 6. The monoisotopic (exact) mass is 308 g/mol. The average molecular weight is 308 g/mol. The highest BCUT2D eigenvalue weighted by Gasteiger charge is 2.17. The van der Waals surface area contributed by atoms with Crippen LogP contribution in [0.1, 0.15) is 33.1 Å². The smallest absolute Gasteiger partial charge is 0.185 e. The normalized spacial score (nSPS) is 16.6. The lowest BCUT2D eigenvalue weighted by molar-refractivity contribution is 0.763. The van der Waals surface area contributed by atoms with Crippen LogP contribution in [0.5, 0.6) is 0 Å². The number of nitrogens with one attached hydrogen (secondary N) is 1. The third-order valence-electron chi connectivity index (χ3n) is 3.61. The van der Waals surface area contributed by atoms with Gasteiger partial charge in [-0.05, 0) is 26.2 Å². The van der Waals surface area contributed by atoms with Gasteiger partial charge in [-0.15, -0.1) is 11.3 Å². The largest absolute Gasteiger partial charge is 0.359 e. The first kappa shape index (κ1) is 13.8. The molecule has 1 unspecified atom stereocenters. The first-order valence-electron chi connectivity index (χ1n) is 7.19. The number of thiazole rings is 2. The van der Waals surface area contributed by atoms with Crippen LogP contribution in [0.2, 0.25) is 0 Å². The lowest BCUT2D eigenvalue weighted by Crippen LogP contribution is -2.16. The van der Waals surface area contributed by atoms with E-state index in [1.807, 2.05) is 6.20 Å². The first-order valence-corrected chi connectivity index (χ1v) is 8.89. The van der Waals surface area contributed by atoms with Gasteiger partial charge in [-0.3, -0.25) is 0 Å². The minimum Gasteiger partial charge on any atom is -0.359 e. The molecule has 6 heteroatoms. The molecule has 0 aliphatic carbocycles. The average Bonchev–Trinajstić information content (AvgIpc) is 3.18. The molecule has 1 saturated heterocycles. The fourth-order valence-electron chi connectivity index (χ4n) is 2.20. The fraction of sp³-hybridized carbons (Fsp3) is 0.571. The SMILES string of the molecule is CCC(C)Nc1nc(-c2cnc(N3CCCC3)s2)cs1. The summed E-state index contributed by atoms with van der Waals surface area (Å²) < 4.78 is 0. The number of rotatable bonds is 5. The highest BCUT2D eigenvalue weighted by Crippen LogP contribution is 2.34. The van der Waals surface area contributed by atoms with E-state index in [1.165, 1.54) is 17.7 Å². The molecular weight excluding hydrogens is 288 g/mol. The molecule has 0 aromatic carbocycles. The fourth-order valence-corrected chi connectivity index (χ4v) is 4.03. The molecule has 20 heavy (non-hydrogen) atoms. The summed E-state index contributed by atoms with van der Waals surface area (Å²) in [6.45, 7) is 6.65. The van der Waals surface area contributed by atoms with Gasteiger partial charge >= 0.3 is 0 Å². The van der Waals surface area contributed by atoms with Gasteiger partial charge in [-0.2, -0.15) is 0 Å². The summed E-state index contributed by atoms with van der Waals surface area (Å²) >= 11 is 3.43. The molecule has 0 spiro atoms. The molecule has 0 radical (unpaired) electrons. The van der Waals surface area contributed by atoms with Crippen LogP contribution in [-0.2, 0) is 0 Å². The highest BCUT2D eigenvalue weighted by molar-refractivity contribution is 7.19. The summed E-state index contributed by atoms with van der Waals surface area (Å²) in [5.41, 5.74) is 1.05. The van der Waals surface area contributed by atoms with E-state index < -0.39 is 0 Å². The van der Waals surface area contributed by atoms with Crippen molar-refractivity contribution < 1.29 is 0 Å². The van der Waals surface area contributed by atoms with Crippen molar-refractivity contribution in [2.45, 2.75) is 39.2 Å². The van der Waals surface area contributed by atoms with Gasteiger partial charge in [0.15, 0.2) is 10.3 Å². The van der Waals surface area contributed by atoms with Crippen molar-refractivity contribution in [3.63, 3.8) is 0 Å². The molecule has 0 saturated carbocycles. The van der Waals surface area contributed by atoms with E-state index in [0.717, 1.165) is 35.5 Å². The van der Waals surface area contributed by atoms with Gasteiger partial charge in [-0.25, -0.2) is 9.97 Å². The van der Waals surface area contributed by atoms with Gasteiger partial charge < -0.3 is 10.2 Å². The lowest BCUT2D eigenvalue weighted by Gasteiger charge is -2.11. The summed E-state index contributed by atoms with van der Waals surface area (Å²) in [7, 11) is 0. The quantitative estimate of drug-likeness (QED) is 0.903. The van der Waals surface area contributed by atoms with Crippen LogP contribution in [-0.4, -0.2) is 29.1 Å². The predicted octanol–water partition coefficient (Wildman–Crippen LogP) is 4.08. The summed E-state index contributed by atoms with van der Waals surface area (Å²) in [4.78, 5) is 12.8. The van der Waals surface area contributed by atoms with Crippen LogP contribution in [0.4, 0.5) is 10.3 Å². The van der Waals surface area contributed by atoms with Gasteiger partial charge in [0, 0.05) is 30.7 Å². The van der Waals surface area contributed by atoms with Gasteiger partial charge in [0.25, 0.3) is 0 Å². The molecule has 1 aliphatic rings. The van der Waals surface area contributed by atoms with E-state index in [9.17, 15) is 0 Å². The number of aromatic nitrogens is 2. The van der Waals surface area contributed by atoms with Crippen molar-refractivity contribution in [3.8, 4) is 10.6 Å². The molecule has 3 heterocycles. The zero-order valence-electron chi connectivity index (χ0n) is 11.9. The van der Waals surface area contributed by atoms with Crippen LogP contribution < -0.4 is 10.2 Å². The lowest BCUT2D eigenvalue weighted by atomic mass is 10.3. The Kier molecular flexibility index (Phi) is 4.21. The molecule has 3 rings (SSSR count). The molecule has 2 aromatic rings. The Morgan fingerprint density at radius 2 is 2.20 bits per heavy atom. The summed E-state index contributed by atoms with van der Waals surface area (Å²) in [5.74, 6) is 0. The molecule has 0 bridgehead atoms. The van der Waals surface area contributed by atoms with Crippen LogP contribution in [0.3, 0.4) is 0 Å². The summed E-state index contributed by atoms with van der Waals surface area (Å²) in [6.07, 6.45) is 5.64. The van der Waals surface area contributed by atoms with Crippen molar-refractivity contribution in [1.82, 2.24) is 9.97 Å². The maximum atomic E-state index is 4.67. The molecule has 2 aromatic heterocycles. The van der Waals surface area contributed by atoms with Crippen molar-refractivity contribution in [2.75, 3.05) is 23.3 Å². The van der Waals surface area contributed by atoms with E-state index in [2.05, 4.69) is 39.4 Å². The van der Waals surface area contributed by atoms with Crippen LogP contribution >= 0.6 is 22.7 Å². The maximum Gasteiger partial charge on any atom is 0.185 e. The Morgan fingerprint density at radius 3 is 2.95 bits per heavy atom. The molecule has 1 atom stereocenters. The molecule has 1 N–H and O–H groups in total. The minimum atomic E-state index is 0.468. The van der Waals surface area contributed by atoms with E-state index in [4.69, 9.17) is 0 Å². The van der Waals surface area contributed by atoms with Gasteiger partial charge in [0.05, 0.1) is 10.6 Å². The molecule has 1 fully saturated rings. The standard InChI is InChI=1S/C14H20N4S2/c1-3-10(2)16-13-17-11(9-19-13)12-8-15-14(20-12)18-6-4-5-7-18/h8-10H,3-7H2,1-2H3,(H,16,17). The van der Waals surface area contributed by atoms with E-state index in [-0.39, 0.29) is 0 Å². The van der Waals surface area contributed by atoms with Crippen LogP contribution in [0, 0.1) is 0 Å². The first-order chi connectivity index (χ1) is 9.76. The topological polar surface area (TPSA) is 41.1 Å².